The number of methoxy groups -OCH3 is 1. The van der Waals surface area contributed by atoms with Gasteiger partial charge in [0.25, 0.3) is 0 Å². The summed E-state index contributed by atoms with van der Waals surface area (Å²) in [6.07, 6.45) is 1.56. The molecule has 0 fully saturated rings. The van der Waals surface area contributed by atoms with Crippen LogP contribution in [0.4, 0.5) is 0 Å². The van der Waals surface area contributed by atoms with E-state index in [-0.39, 0.29) is 0 Å². The molecule has 0 radical (unpaired) electrons. The van der Waals surface area contributed by atoms with Crippen molar-refractivity contribution in [2.75, 3.05) is 7.11 Å². The van der Waals surface area contributed by atoms with E-state index in [4.69, 9.17) is 51.1 Å². The summed E-state index contributed by atoms with van der Waals surface area (Å²) in [5.74, 6) is 0.307. The maximum absolute atomic E-state index is 6.19. The van der Waals surface area contributed by atoms with Crippen LogP contribution in [0.2, 0.25) is 20.1 Å². The van der Waals surface area contributed by atoms with Crippen molar-refractivity contribution in [3.8, 4) is 17.0 Å². The number of halogens is 4. The van der Waals surface area contributed by atoms with Crippen molar-refractivity contribution >= 4 is 46.4 Å². The third kappa shape index (κ3) is 2.39. The Morgan fingerprint density at radius 3 is 2.28 bits per heavy atom. The van der Waals surface area contributed by atoms with Gasteiger partial charge >= 0.3 is 0 Å². The molecule has 1 heterocycles. The third-order valence-electron chi connectivity index (χ3n) is 2.36. The van der Waals surface area contributed by atoms with Gasteiger partial charge in [-0.25, -0.2) is 4.98 Å². The average molecular weight is 323 g/mol. The average Bonchev–Trinajstić information content (AvgIpc) is 2.36. The normalized spacial score (nSPS) is 10.5. The first-order valence-corrected chi connectivity index (χ1v) is 6.39. The van der Waals surface area contributed by atoms with Crippen molar-refractivity contribution < 1.29 is 4.74 Å². The Morgan fingerprint density at radius 1 is 0.944 bits per heavy atom. The van der Waals surface area contributed by atoms with Crippen LogP contribution in [0, 0.1) is 0 Å². The minimum atomic E-state index is 0.307. The molecule has 0 saturated heterocycles. The van der Waals surface area contributed by atoms with Gasteiger partial charge < -0.3 is 4.74 Å². The molecule has 0 aliphatic carbocycles. The topological polar surface area (TPSA) is 22.1 Å². The number of nitrogens with zero attached hydrogens (tertiary/aromatic N) is 1. The largest absolute Gasteiger partial charge is 0.480 e. The van der Waals surface area contributed by atoms with Gasteiger partial charge in [0.2, 0.25) is 5.88 Å². The standard InChI is InChI=1S/C12H7Cl4NO/c1-18-12-10(15)6(4-5-17-12)9-7(13)2-3-8(14)11(9)16/h2-5H,1H3. The SMILES string of the molecule is COc1nccc(-c2c(Cl)ccc(Cl)c2Cl)c1Cl. The number of rotatable bonds is 2. The molecule has 0 saturated carbocycles. The number of pyridine rings is 1. The minimum Gasteiger partial charge on any atom is -0.480 e. The number of hydrogen-bond donors (Lipinski definition) is 0. The fourth-order valence-electron chi connectivity index (χ4n) is 1.53. The molecule has 2 aromatic rings. The van der Waals surface area contributed by atoms with Gasteiger partial charge in [-0.15, -0.1) is 0 Å². The van der Waals surface area contributed by atoms with Gasteiger partial charge in [0.1, 0.15) is 5.02 Å². The zero-order valence-electron chi connectivity index (χ0n) is 9.18. The van der Waals surface area contributed by atoms with Gasteiger partial charge in [-0.05, 0) is 18.2 Å². The van der Waals surface area contributed by atoms with Gasteiger partial charge in [-0.3, -0.25) is 0 Å². The lowest BCUT2D eigenvalue weighted by atomic mass is 10.1. The molecule has 0 aliphatic heterocycles. The van der Waals surface area contributed by atoms with Crippen LogP contribution < -0.4 is 4.74 Å². The van der Waals surface area contributed by atoms with Gasteiger partial charge in [0.15, 0.2) is 0 Å². The van der Waals surface area contributed by atoms with E-state index in [0.717, 1.165) is 0 Å². The summed E-state index contributed by atoms with van der Waals surface area (Å²) in [5, 5.41) is 1.55. The molecule has 2 rings (SSSR count). The number of hydrogen-bond acceptors (Lipinski definition) is 2. The molecule has 18 heavy (non-hydrogen) atoms. The smallest absolute Gasteiger partial charge is 0.232 e. The van der Waals surface area contributed by atoms with Gasteiger partial charge in [-0.1, -0.05) is 46.4 Å². The first-order chi connectivity index (χ1) is 8.56. The lowest BCUT2D eigenvalue weighted by molar-refractivity contribution is 0.398. The van der Waals surface area contributed by atoms with Gasteiger partial charge in [0.05, 0.1) is 22.2 Å². The molecule has 6 heteroatoms. The molecule has 0 aliphatic rings. The highest BCUT2D eigenvalue weighted by atomic mass is 35.5. The summed E-state index contributed by atoms with van der Waals surface area (Å²) in [6.45, 7) is 0. The summed E-state index contributed by atoms with van der Waals surface area (Å²) in [5.41, 5.74) is 1.19. The van der Waals surface area contributed by atoms with Crippen LogP contribution in [0.5, 0.6) is 5.88 Å². The lowest BCUT2D eigenvalue weighted by Gasteiger charge is -2.11. The van der Waals surface area contributed by atoms with Gasteiger partial charge in [0, 0.05) is 17.3 Å². The summed E-state index contributed by atoms with van der Waals surface area (Å²) in [4.78, 5) is 3.99. The van der Waals surface area contributed by atoms with Crippen molar-refractivity contribution in [1.82, 2.24) is 4.98 Å². The Balaban J connectivity index is 2.73. The molecular formula is C12H7Cl4NO. The highest BCUT2D eigenvalue weighted by Crippen LogP contribution is 2.43. The molecular weight excluding hydrogens is 316 g/mol. The van der Waals surface area contributed by atoms with E-state index < -0.39 is 0 Å². The molecule has 0 unspecified atom stereocenters. The molecule has 0 atom stereocenters. The fourth-order valence-corrected chi connectivity index (χ4v) is 2.55. The van der Waals surface area contributed by atoms with Crippen LogP contribution in [-0.4, -0.2) is 12.1 Å². The van der Waals surface area contributed by atoms with Crippen molar-refractivity contribution in [3.63, 3.8) is 0 Å². The van der Waals surface area contributed by atoms with E-state index in [9.17, 15) is 0 Å². The maximum atomic E-state index is 6.19. The van der Waals surface area contributed by atoms with Crippen molar-refractivity contribution in [3.05, 3.63) is 44.5 Å². The van der Waals surface area contributed by atoms with Crippen LogP contribution in [-0.2, 0) is 0 Å². The molecule has 0 spiro atoms. The first-order valence-electron chi connectivity index (χ1n) is 4.88. The summed E-state index contributed by atoms with van der Waals surface area (Å²) in [6, 6.07) is 4.99. The summed E-state index contributed by atoms with van der Waals surface area (Å²) < 4.78 is 5.05. The van der Waals surface area contributed by atoms with E-state index in [2.05, 4.69) is 4.98 Å². The number of aromatic nitrogens is 1. The molecule has 1 aromatic heterocycles. The van der Waals surface area contributed by atoms with Crippen molar-refractivity contribution in [2.45, 2.75) is 0 Å². The molecule has 0 N–H and O–H groups in total. The lowest BCUT2D eigenvalue weighted by Crippen LogP contribution is -1.91. The Labute approximate surface area is 124 Å². The quantitative estimate of drug-likeness (QED) is 0.693. The van der Waals surface area contributed by atoms with Crippen LogP contribution in [0.3, 0.4) is 0 Å². The van der Waals surface area contributed by atoms with E-state index >= 15 is 0 Å². The predicted molar refractivity (Wildman–Crippen MR) is 76.3 cm³/mol. The van der Waals surface area contributed by atoms with E-state index in [1.165, 1.54) is 7.11 Å². The zero-order chi connectivity index (χ0) is 13.3. The molecule has 0 bridgehead atoms. The van der Waals surface area contributed by atoms with Crippen molar-refractivity contribution in [1.29, 1.82) is 0 Å². The van der Waals surface area contributed by atoms with Crippen molar-refractivity contribution in [2.24, 2.45) is 0 Å². The van der Waals surface area contributed by atoms with Crippen LogP contribution in [0.1, 0.15) is 0 Å². The zero-order valence-corrected chi connectivity index (χ0v) is 12.2. The number of ether oxygens (including phenoxy) is 1. The Kier molecular flexibility index (Phi) is 4.23. The monoisotopic (exact) mass is 321 g/mol. The highest BCUT2D eigenvalue weighted by molar-refractivity contribution is 6.47. The van der Waals surface area contributed by atoms with Crippen LogP contribution >= 0.6 is 46.4 Å². The molecule has 2 nitrogen and oxygen atoms in total. The fraction of sp³-hybridized carbons (Fsp3) is 0.0833. The second-order valence-corrected chi connectivity index (χ2v) is 4.97. The maximum Gasteiger partial charge on any atom is 0.232 e. The minimum absolute atomic E-state index is 0.307. The van der Waals surface area contributed by atoms with Crippen LogP contribution in [0.15, 0.2) is 24.4 Å². The highest BCUT2D eigenvalue weighted by Gasteiger charge is 2.17. The second-order valence-electron chi connectivity index (χ2n) is 3.40. The number of benzene rings is 1. The third-order valence-corrected chi connectivity index (χ3v) is 3.85. The van der Waals surface area contributed by atoms with E-state index in [1.54, 1.807) is 24.4 Å². The second kappa shape index (κ2) is 5.54. The summed E-state index contributed by atoms with van der Waals surface area (Å²) >= 11 is 24.5. The molecule has 1 aromatic carbocycles. The van der Waals surface area contributed by atoms with Gasteiger partial charge in [-0.2, -0.15) is 0 Å². The van der Waals surface area contributed by atoms with Crippen LogP contribution in [0.25, 0.3) is 11.1 Å². The Bertz CT molecular complexity index is 601. The van der Waals surface area contributed by atoms with E-state index in [1.807, 2.05) is 0 Å². The van der Waals surface area contributed by atoms with E-state index in [0.29, 0.717) is 37.1 Å². The predicted octanol–water partition coefficient (Wildman–Crippen LogP) is 5.37. The first kappa shape index (κ1) is 13.8. The molecule has 94 valence electrons. The Morgan fingerprint density at radius 2 is 1.61 bits per heavy atom. The summed E-state index contributed by atoms with van der Waals surface area (Å²) in [7, 11) is 1.49. The molecule has 0 amide bonds. The Hall–Kier alpha value is -0.670.